The van der Waals surface area contributed by atoms with Gasteiger partial charge in [0.2, 0.25) is 10.0 Å². The molecular weight excluding hydrogens is 320 g/mol. The van der Waals surface area contributed by atoms with Gasteiger partial charge in [-0.05, 0) is 13.8 Å². The molecule has 1 aromatic rings. The Morgan fingerprint density at radius 3 is 2.74 bits per heavy atom. The first kappa shape index (κ1) is 17.9. The lowest BCUT2D eigenvalue weighted by atomic mass is 10.1. The monoisotopic (exact) mass is 344 g/mol. The van der Waals surface area contributed by atoms with E-state index in [1.165, 1.54) is 24.6 Å². The second-order valence-corrected chi connectivity index (χ2v) is 8.47. The molecule has 2 atom stereocenters. The molecular formula is C14H24N4O4S. The van der Waals surface area contributed by atoms with Crippen LogP contribution in [0.2, 0.25) is 0 Å². The molecule has 0 bridgehead atoms. The number of hydrogen-bond donors (Lipinski definition) is 1. The van der Waals surface area contributed by atoms with Crippen LogP contribution in [0.1, 0.15) is 30.2 Å². The standard InChI is InChI=1S/C14H24N4O4S/c1-10(2)18-6-11(5-15-18)14(19)16-13-8-22-7-12(13)9-23(20,21)17(3)4/h5-6,10,12-13H,7-9H2,1-4H3,(H,16,19)/t12-,13-/m0/s1. The van der Waals surface area contributed by atoms with Gasteiger partial charge in [0.25, 0.3) is 5.91 Å². The van der Waals surface area contributed by atoms with Crippen LogP contribution in [0.4, 0.5) is 0 Å². The summed E-state index contributed by atoms with van der Waals surface area (Å²) in [5, 5.41) is 6.99. The molecule has 23 heavy (non-hydrogen) atoms. The van der Waals surface area contributed by atoms with Crippen molar-refractivity contribution in [1.29, 1.82) is 0 Å². The minimum absolute atomic E-state index is 0.0454. The molecule has 1 fully saturated rings. The van der Waals surface area contributed by atoms with Gasteiger partial charge in [-0.15, -0.1) is 0 Å². The maximum Gasteiger partial charge on any atom is 0.254 e. The minimum atomic E-state index is -3.34. The van der Waals surface area contributed by atoms with Crippen molar-refractivity contribution in [2.24, 2.45) is 5.92 Å². The summed E-state index contributed by atoms with van der Waals surface area (Å²) in [6.07, 6.45) is 3.19. The van der Waals surface area contributed by atoms with E-state index in [-0.39, 0.29) is 29.7 Å². The molecule has 1 saturated heterocycles. The van der Waals surface area contributed by atoms with E-state index in [0.717, 1.165) is 0 Å². The fourth-order valence-electron chi connectivity index (χ4n) is 2.33. The average molecular weight is 344 g/mol. The largest absolute Gasteiger partial charge is 0.379 e. The van der Waals surface area contributed by atoms with Gasteiger partial charge >= 0.3 is 0 Å². The van der Waals surface area contributed by atoms with Crippen LogP contribution in [0.25, 0.3) is 0 Å². The quantitative estimate of drug-likeness (QED) is 0.790. The molecule has 130 valence electrons. The zero-order chi connectivity index (χ0) is 17.2. The van der Waals surface area contributed by atoms with Crippen LogP contribution >= 0.6 is 0 Å². The summed E-state index contributed by atoms with van der Waals surface area (Å²) in [5.41, 5.74) is 0.458. The molecule has 2 heterocycles. The number of sulfonamides is 1. The van der Waals surface area contributed by atoms with Gasteiger partial charge in [0, 0.05) is 32.3 Å². The van der Waals surface area contributed by atoms with Crippen molar-refractivity contribution in [2.75, 3.05) is 33.1 Å². The average Bonchev–Trinajstić information content (AvgIpc) is 3.08. The van der Waals surface area contributed by atoms with Gasteiger partial charge in [-0.3, -0.25) is 9.48 Å². The number of amides is 1. The summed E-state index contributed by atoms with van der Waals surface area (Å²) >= 11 is 0. The molecule has 2 rings (SSSR count). The lowest BCUT2D eigenvalue weighted by Crippen LogP contribution is -2.43. The number of hydrogen-bond acceptors (Lipinski definition) is 5. The summed E-state index contributed by atoms with van der Waals surface area (Å²) in [5.74, 6) is -0.568. The van der Waals surface area contributed by atoms with Gasteiger partial charge in [0.15, 0.2) is 0 Å². The summed E-state index contributed by atoms with van der Waals surface area (Å²) in [6.45, 7) is 4.59. The molecule has 9 heteroatoms. The molecule has 0 aromatic carbocycles. The third-order valence-electron chi connectivity index (χ3n) is 3.89. The maximum absolute atomic E-state index is 12.3. The van der Waals surface area contributed by atoms with E-state index in [4.69, 9.17) is 4.74 Å². The van der Waals surface area contributed by atoms with Gasteiger partial charge in [-0.25, -0.2) is 12.7 Å². The van der Waals surface area contributed by atoms with Crippen LogP contribution in [0.15, 0.2) is 12.4 Å². The van der Waals surface area contributed by atoms with E-state index in [2.05, 4.69) is 10.4 Å². The molecule has 0 radical (unpaired) electrons. The fraction of sp³-hybridized carbons (Fsp3) is 0.714. The lowest BCUT2D eigenvalue weighted by molar-refractivity contribution is 0.0926. The van der Waals surface area contributed by atoms with Gasteiger partial charge in [0.05, 0.1) is 36.8 Å². The zero-order valence-electron chi connectivity index (χ0n) is 13.9. The van der Waals surface area contributed by atoms with Crippen molar-refractivity contribution >= 4 is 15.9 Å². The first-order chi connectivity index (χ1) is 10.7. The van der Waals surface area contributed by atoms with E-state index in [9.17, 15) is 13.2 Å². The molecule has 8 nitrogen and oxygen atoms in total. The first-order valence-corrected chi connectivity index (χ1v) is 9.14. The normalized spacial score (nSPS) is 22.0. The Morgan fingerprint density at radius 2 is 2.17 bits per heavy atom. The van der Waals surface area contributed by atoms with Crippen LogP contribution in [-0.4, -0.2) is 67.5 Å². The van der Waals surface area contributed by atoms with Crippen LogP contribution in [0, 0.1) is 5.92 Å². The van der Waals surface area contributed by atoms with Gasteiger partial charge in [0.1, 0.15) is 0 Å². The van der Waals surface area contributed by atoms with Crippen LogP contribution < -0.4 is 5.32 Å². The number of carbonyl (C=O) groups is 1. The first-order valence-electron chi connectivity index (χ1n) is 7.53. The fourth-order valence-corrected chi connectivity index (χ4v) is 3.50. The molecule has 0 spiro atoms. The maximum atomic E-state index is 12.3. The number of aromatic nitrogens is 2. The van der Waals surface area contributed by atoms with E-state index in [1.807, 2.05) is 13.8 Å². The summed E-state index contributed by atoms with van der Waals surface area (Å²) < 4.78 is 32.3. The number of rotatable bonds is 6. The predicted molar refractivity (Wildman–Crippen MR) is 85.6 cm³/mol. The van der Waals surface area contributed by atoms with Gasteiger partial charge < -0.3 is 10.1 Å². The molecule has 1 aliphatic heterocycles. The zero-order valence-corrected chi connectivity index (χ0v) is 14.7. The number of nitrogens with one attached hydrogen (secondary N) is 1. The highest BCUT2D eigenvalue weighted by Crippen LogP contribution is 2.18. The van der Waals surface area contributed by atoms with Gasteiger partial charge in [-0.2, -0.15) is 5.10 Å². The van der Waals surface area contributed by atoms with Crippen molar-refractivity contribution in [3.63, 3.8) is 0 Å². The lowest BCUT2D eigenvalue weighted by Gasteiger charge is -2.20. The highest BCUT2D eigenvalue weighted by atomic mass is 32.2. The topological polar surface area (TPSA) is 93.5 Å². The van der Waals surface area contributed by atoms with E-state index in [0.29, 0.717) is 18.8 Å². The highest BCUT2D eigenvalue weighted by molar-refractivity contribution is 7.89. The van der Waals surface area contributed by atoms with Crippen LogP contribution in [0.3, 0.4) is 0 Å². The third kappa shape index (κ3) is 4.30. The Kier molecular flexibility index (Phi) is 5.43. The molecule has 1 aliphatic rings. The predicted octanol–water partition coefficient (Wildman–Crippen LogP) is 0.100. The highest BCUT2D eigenvalue weighted by Gasteiger charge is 2.34. The Labute approximate surface area is 136 Å². The summed E-state index contributed by atoms with van der Waals surface area (Å²) in [6, 6.07) is -0.149. The van der Waals surface area contributed by atoms with E-state index < -0.39 is 10.0 Å². The molecule has 1 N–H and O–H groups in total. The number of ether oxygens (including phenoxy) is 1. The minimum Gasteiger partial charge on any atom is -0.379 e. The van der Waals surface area contributed by atoms with Crippen LogP contribution in [0.5, 0.6) is 0 Å². The summed E-state index contributed by atoms with van der Waals surface area (Å²) in [7, 11) is -0.338. The smallest absolute Gasteiger partial charge is 0.254 e. The van der Waals surface area contributed by atoms with Crippen molar-refractivity contribution < 1.29 is 17.9 Å². The number of nitrogens with zero attached hydrogens (tertiary/aromatic N) is 3. The van der Waals surface area contributed by atoms with E-state index >= 15 is 0 Å². The molecule has 1 amide bonds. The van der Waals surface area contributed by atoms with Crippen molar-refractivity contribution in [3.8, 4) is 0 Å². The van der Waals surface area contributed by atoms with E-state index in [1.54, 1.807) is 10.9 Å². The van der Waals surface area contributed by atoms with Crippen molar-refractivity contribution in [2.45, 2.75) is 25.9 Å². The Bertz CT molecular complexity index is 653. The second-order valence-electron chi connectivity index (χ2n) is 6.24. The van der Waals surface area contributed by atoms with Crippen LogP contribution in [-0.2, 0) is 14.8 Å². The Hall–Kier alpha value is -1.45. The van der Waals surface area contributed by atoms with Gasteiger partial charge in [-0.1, -0.05) is 0 Å². The molecule has 0 saturated carbocycles. The molecule has 0 unspecified atom stereocenters. The van der Waals surface area contributed by atoms with Crippen molar-refractivity contribution in [1.82, 2.24) is 19.4 Å². The third-order valence-corrected chi connectivity index (χ3v) is 5.85. The number of carbonyl (C=O) groups excluding carboxylic acids is 1. The Morgan fingerprint density at radius 1 is 1.48 bits per heavy atom. The van der Waals surface area contributed by atoms with Crippen molar-refractivity contribution in [3.05, 3.63) is 18.0 Å². The molecule has 0 aliphatic carbocycles. The Balaban J connectivity index is 2.01. The summed E-state index contributed by atoms with van der Waals surface area (Å²) in [4.78, 5) is 12.3. The molecule has 1 aromatic heterocycles. The second kappa shape index (κ2) is 6.98. The SMILES string of the molecule is CC(C)n1cc(C(=O)N[C@H]2COC[C@H]2CS(=O)(=O)N(C)C)cn1.